The highest BCUT2D eigenvalue weighted by Crippen LogP contribution is 2.27. The average molecular weight is 323 g/mol. The minimum atomic E-state index is 1.18. The average Bonchev–Trinajstić information content (AvgIpc) is 2.05. The van der Waals surface area contributed by atoms with Crippen LogP contribution in [0.2, 0.25) is 0 Å². The molecule has 0 heterocycles. The first-order valence-electron chi connectivity index (χ1n) is 3.29. The second-order valence-electron chi connectivity index (χ2n) is 2.21. The summed E-state index contributed by atoms with van der Waals surface area (Å²) in [6.45, 7) is 2.08. The third-order valence-corrected chi connectivity index (χ3v) is 3.66. The molecule has 0 aromatic heterocycles. The topological polar surface area (TPSA) is 0 Å². The van der Waals surface area contributed by atoms with Crippen LogP contribution in [0.25, 0.3) is 4.48 Å². The molecule has 0 amide bonds. The lowest BCUT2D eigenvalue weighted by Gasteiger charge is -1.98. The number of hydrogen-bond donors (Lipinski definition) is 0. The van der Waals surface area contributed by atoms with E-state index in [1.165, 1.54) is 13.6 Å². The lowest BCUT2D eigenvalue weighted by atomic mass is 10.2. The summed E-state index contributed by atoms with van der Waals surface area (Å²) in [6, 6.07) is 10.3. The van der Waals surface area contributed by atoms with Crippen molar-refractivity contribution in [3.63, 3.8) is 0 Å². The number of rotatable bonds is 1. The SMILES string of the molecule is CC(I)=C(Br)c1ccccc1. The highest BCUT2D eigenvalue weighted by molar-refractivity contribution is 14.1. The molecule has 0 fully saturated rings. The molecule has 0 aliphatic rings. The van der Waals surface area contributed by atoms with E-state index in [2.05, 4.69) is 57.6 Å². The maximum absolute atomic E-state index is 3.52. The van der Waals surface area contributed by atoms with E-state index in [-0.39, 0.29) is 0 Å². The predicted molar refractivity (Wildman–Crippen MR) is 62.0 cm³/mol. The molecule has 0 bridgehead atoms. The van der Waals surface area contributed by atoms with E-state index in [1.807, 2.05) is 18.2 Å². The van der Waals surface area contributed by atoms with Crippen LogP contribution < -0.4 is 0 Å². The van der Waals surface area contributed by atoms with Crippen molar-refractivity contribution in [2.45, 2.75) is 6.92 Å². The molecular formula is C9H8BrI. The molecule has 1 aromatic rings. The Balaban J connectivity index is 3.04. The molecule has 0 aliphatic carbocycles. The Morgan fingerprint density at radius 2 is 1.82 bits per heavy atom. The lowest BCUT2D eigenvalue weighted by Crippen LogP contribution is -1.74. The molecule has 0 aliphatic heterocycles. The number of benzene rings is 1. The normalized spacial score (nSPS) is 12.6. The maximum Gasteiger partial charge on any atom is 0.0337 e. The van der Waals surface area contributed by atoms with Crippen LogP contribution in [-0.4, -0.2) is 0 Å². The fourth-order valence-electron chi connectivity index (χ4n) is 0.783. The Morgan fingerprint density at radius 3 is 2.27 bits per heavy atom. The van der Waals surface area contributed by atoms with Gasteiger partial charge < -0.3 is 0 Å². The second-order valence-corrected chi connectivity index (χ2v) is 4.62. The van der Waals surface area contributed by atoms with Gasteiger partial charge >= 0.3 is 0 Å². The van der Waals surface area contributed by atoms with Gasteiger partial charge in [0, 0.05) is 8.06 Å². The molecule has 0 atom stereocenters. The van der Waals surface area contributed by atoms with Crippen molar-refractivity contribution in [1.82, 2.24) is 0 Å². The zero-order chi connectivity index (χ0) is 8.27. The maximum atomic E-state index is 3.52. The van der Waals surface area contributed by atoms with Crippen LogP contribution in [0.4, 0.5) is 0 Å². The van der Waals surface area contributed by atoms with Crippen LogP contribution in [0.1, 0.15) is 12.5 Å². The lowest BCUT2D eigenvalue weighted by molar-refractivity contribution is 1.63. The van der Waals surface area contributed by atoms with Crippen LogP contribution in [0.3, 0.4) is 0 Å². The van der Waals surface area contributed by atoms with Gasteiger partial charge in [-0.1, -0.05) is 30.3 Å². The molecule has 0 unspecified atom stereocenters. The molecule has 0 N–H and O–H groups in total. The molecule has 1 aromatic carbocycles. The molecule has 0 saturated heterocycles. The van der Waals surface area contributed by atoms with Crippen LogP contribution >= 0.6 is 38.5 Å². The van der Waals surface area contributed by atoms with Crippen LogP contribution in [0.5, 0.6) is 0 Å². The Hall–Kier alpha value is 0.170. The molecule has 0 spiro atoms. The first-order chi connectivity index (χ1) is 5.22. The first kappa shape index (κ1) is 9.26. The van der Waals surface area contributed by atoms with Gasteiger partial charge in [-0.25, -0.2) is 0 Å². The zero-order valence-electron chi connectivity index (χ0n) is 6.14. The summed E-state index contributed by atoms with van der Waals surface area (Å²) in [6.07, 6.45) is 0. The van der Waals surface area contributed by atoms with Crippen molar-refractivity contribution in [3.8, 4) is 0 Å². The van der Waals surface area contributed by atoms with Crippen molar-refractivity contribution in [2.75, 3.05) is 0 Å². The van der Waals surface area contributed by atoms with Crippen molar-refractivity contribution in [3.05, 3.63) is 39.5 Å². The summed E-state index contributed by atoms with van der Waals surface area (Å²) in [5, 5.41) is 0. The molecule has 2 heteroatoms. The fourth-order valence-corrected chi connectivity index (χ4v) is 1.36. The standard InChI is InChI=1S/C9H8BrI/c1-7(11)9(10)8-5-3-2-4-6-8/h2-6H,1H3. The van der Waals surface area contributed by atoms with E-state index >= 15 is 0 Å². The quantitative estimate of drug-likeness (QED) is 0.680. The number of allylic oxidation sites excluding steroid dienone is 1. The van der Waals surface area contributed by atoms with Gasteiger partial charge in [0.25, 0.3) is 0 Å². The molecular weight excluding hydrogens is 315 g/mol. The van der Waals surface area contributed by atoms with Crippen molar-refractivity contribution in [1.29, 1.82) is 0 Å². The van der Waals surface area contributed by atoms with Crippen molar-refractivity contribution < 1.29 is 0 Å². The Morgan fingerprint density at radius 1 is 1.27 bits per heavy atom. The van der Waals surface area contributed by atoms with E-state index in [9.17, 15) is 0 Å². The predicted octanol–water partition coefficient (Wildman–Crippen LogP) is 4.21. The van der Waals surface area contributed by atoms with E-state index in [4.69, 9.17) is 0 Å². The second kappa shape index (κ2) is 4.26. The Bertz CT molecular complexity index is 260. The molecule has 11 heavy (non-hydrogen) atoms. The summed E-state index contributed by atoms with van der Waals surface area (Å²) < 4.78 is 2.45. The minimum Gasteiger partial charge on any atom is -0.0622 e. The number of halogens is 2. The number of hydrogen-bond acceptors (Lipinski definition) is 0. The molecule has 0 nitrogen and oxygen atoms in total. The van der Waals surface area contributed by atoms with Crippen molar-refractivity contribution >= 4 is 43.0 Å². The summed E-state index contributed by atoms with van der Waals surface area (Å²) in [5.41, 5.74) is 1.24. The van der Waals surface area contributed by atoms with Gasteiger partial charge in [-0.05, 0) is 51.0 Å². The largest absolute Gasteiger partial charge is 0.0622 e. The molecule has 1 rings (SSSR count). The summed E-state index contributed by atoms with van der Waals surface area (Å²) in [7, 11) is 0. The third-order valence-electron chi connectivity index (χ3n) is 1.33. The van der Waals surface area contributed by atoms with Gasteiger partial charge in [0.05, 0.1) is 0 Å². The highest BCUT2D eigenvalue weighted by atomic mass is 127. The van der Waals surface area contributed by atoms with E-state index in [0.717, 1.165) is 0 Å². The van der Waals surface area contributed by atoms with Gasteiger partial charge in [-0.3, -0.25) is 0 Å². The molecule has 0 saturated carbocycles. The minimum absolute atomic E-state index is 1.18. The molecule has 0 radical (unpaired) electrons. The Labute approximate surface area is 89.0 Å². The monoisotopic (exact) mass is 322 g/mol. The van der Waals surface area contributed by atoms with Gasteiger partial charge in [-0.2, -0.15) is 0 Å². The third kappa shape index (κ3) is 2.60. The van der Waals surface area contributed by atoms with E-state index in [1.54, 1.807) is 0 Å². The first-order valence-corrected chi connectivity index (χ1v) is 5.16. The zero-order valence-corrected chi connectivity index (χ0v) is 9.89. The van der Waals surface area contributed by atoms with Gasteiger partial charge in [0.15, 0.2) is 0 Å². The van der Waals surface area contributed by atoms with Crippen LogP contribution in [-0.2, 0) is 0 Å². The van der Waals surface area contributed by atoms with Crippen LogP contribution in [0, 0.1) is 0 Å². The van der Waals surface area contributed by atoms with Gasteiger partial charge in [0.1, 0.15) is 0 Å². The van der Waals surface area contributed by atoms with Crippen LogP contribution in [0.15, 0.2) is 33.9 Å². The van der Waals surface area contributed by atoms with Gasteiger partial charge in [-0.15, -0.1) is 0 Å². The van der Waals surface area contributed by atoms with Gasteiger partial charge in [0.2, 0.25) is 0 Å². The summed E-state index contributed by atoms with van der Waals surface area (Å²) in [5.74, 6) is 0. The molecule has 58 valence electrons. The summed E-state index contributed by atoms with van der Waals surface area (Å²) in [4.78, 5) is 0. The smallest absolute Gasteiger partial charge is 0.0337 e. The summed E-state index contributed by atoms with van der Waals surface area (Å²) >= 11 is 5.83. The highest BCUT2D eigenvalue weighted by Gasteiger charge is 1.97. The fraction of sp³-hybridized carbons (Fsp3) is 0.111. The van der Waals surface area contributed by atoms with E-state index in [0.29, 0.717) is 0 Å². The Kier molecular flexibility index (Phi) is 3.59. The van der Waals surface area contributed by atoms with E-state index < -0.39 is 0 Å². The van der Waals surface area contributed by atoms with Crippen molar-refractivity contribution in [2.24, 2.45) is 0 Å².